The average molecular weight is 240 g/mol. The van der Waals surface area contributed by atoms with Crippen molar-refractivity contribution in [3.05, 3.63) is 0 Å². The molecule has 56 valence electrons. The third-order valence-corrected chi connectivity index (χ3v) is 3.19. The zero-order valence-corrected chi connectivity index (χ0v) is 8.81. The van der Waals surface area contributed by atoms with Crippen LogP contribution < -0.4 is 0 Å². The van der Waals surface area contributed by atoms with E-state index >= 15 is 0 Å². The summed E-state index contributed by atoms with van der Waals surface area (Å²) in [5, 5.41) is 0. The fraction of sp³-hybridized carbons (Fsp3) is 1.00. The lowest BCUT2D eigenvalue weighted by Gasteiger charge is -2.11. The third kappa shape index (κ3) is 5.19. The molecule has 2 atom stereocenters. The number of rotatable bonds is 4. The van der Waals surface area contributed by atoms with Crippen LogP contribution >= 0.6 is 22.6 Å². The van der Waals surface area contributed by atoms with Crippen molar-refractivity contribution in [1.82, 2.24) is 0 Å². The molecule has 0 radical (unpaired) electrons. The molecule has 0 amide bonds. The maximum Gasteiger partial charge on any atom is 0.0110 e. The molecule has 0 aliphatic carbocycles. The van der Waals surface area contributed by atoms with Crippen LogP contribution in [0.5, 0.6) is 0 Å². The van der Waals surface area contributed by atoms with E-state index in [1.165, 1.54) is 19.3 Å². The Kier molecular flexibility index (Phi) is 5.96. The first-order chi connectivity index (χ1) is 4.20. The van der Waals surface area contributed by atoms with Gasteiger partial charge in [-0.15, -0.1) is 0 Å². The lowest BCUT2D eigenvalue weighted by atomic mass is 10.0. The molecule has 0 nitrogen and oxygen atoms in total. The SMILES string of the molecule is CCC(C)CC(I)CC. The van der Waals surface area contributed by atoms with Crippen molar-refractivity contribution in [3.8, 4) is 0 Å². The smallest absolute Gasteiger partial charge is 0.0110 e. The Balaban J connectivity index is 3.22. The van der Waals surface area contributed by atoms with Gasteiger partial charge in [0, 0.05) is 3.92 Å². The van der Waals surface area contributed by atoms with Gasteiger partial charge in [0.15, 0.2) is 0 Å². The van der Waals surface area contributed by atoms with Gasteiger partial charge in [-0.3, -0.25) is 0 Å². The van der Waals surface area contributed by atoms with Gasteiger partial charge < -0.3 is 0 Å². The number of hydrogen-bond donors (Lipinski definition) is 0. The molecule has 0 aromatic rings. The average Bonchev–Trinajstić information content (AvgIpc) is 1.87. The largest absolute Gasteiger partial charge is 0.0826 e. The van der Waals surface area contributed by atoms with Crippen LogP contribution in [0.1, 0.15) is 40.0 Å². The van der Waals surface area contributed by atoms with Crippen LogP contribution in [0.25, 0.3) is 0 Å². The van der Waals surface area contributed by atoms with Crippen LogP contribution in [0.2, 0.25) is 0 Å². The zero-order valence-electron chi connectivity index (χ0n) is 6.65. The van der Waals surface area contributed by atoms with E-state index in [9.17, 15) is 0 Å². The Morgan fingerprint density at radius 3 is 2.11 bits per heavy atom. The van der Waals surface area contributed by atoms with E-state index in [-0.39, 0.29) is 0 Å². The molecule has 0 bridgehead atoms. The highest BCUT2D eigenvalue weighted by molar-refractivity contribution is 14.1. The van der Waals surface area contributed by atoms with Crippen molar-refractivity contribution >= 4 is 22.6 Å². The molecule has 9 heavy (non-hydrogen) atoms. The van der Waals surface area contributed by atoms with Gasteiger partial charge >= 0.3 is 0 Å². The van der Waals surface area contributed by atoms with Gasteiger partial charge in [-0.25, -0.2) is 0 Å². The molecular formula is C8H17I. The van der Waals surface area contributed by atoms with Crippen LogP contribution in [0.4, 0.5) is 0 Å². The summed E-state index contributed by atoms with van der Waals surface area (Å²) in [6.45, 7) is 6.87. The fourth-order valence-electron chi connectivity index (χ4n) is 0.770. The molecule has 0 aliphatic rings. The molecular weight excluding hydrogens is 223 g/mol. The predicted octanol–water partition coefficient (Wildman–Crippen LogP) is 3.64. The van der Waals surface area contributed by atoms with E-state index in [0.29, 0.717) is 0 Å². The van der Waals surface area contributed by atoms with Gasteiger partial charge in [-0.1, -0.05) is 49.8 Å². The van der Waals surface area contributed by atoms with Gasteiger partial charge in [-0.05, 0) is 18.8 Å². The van der Waals surface area contributed by atoms with Crippen molar-refractivity contribution in [1.29, 1.82) is 0 Å². The molecule has 0 spiro atoms. The summed E-state index contributed by atoms with van der Waals surface area (Å²) in [6.07, 6.45) is 4.05. The second kappa shape index (κ2) is 5.51. The van der Waals surface area contributed by atoms with Crippen LogP contribution in [-0.4, -0.2) is 3.92 Å². The van der Waals surface area contributed by atoms with Gasteiger partial charge in [0.05, 0.1) is 0 Å². The van der Waals surface area contributed by atoms with Crippen LogP contribution in [0, 0.1) is 5.92 Å². The van der Waals surface area contributed by atoms with E-state index in [1.807, 2.05) is 0 Å². The van der Waals surface area contributed by atoms with Crippen molar-refractivity contribution in [2.75, 3.05) is 0 Å². The Hall–Kier alpha value is 0.730. The maximum absolute atomic E-state index is 2.54. The highest BCUT2D eigenvalue weighted by Gasteiger charge is 2.04. The molecule has 0 rings (SSSR count). The second-order valence-electron chi connectivity index (χ2n) is 2.75. The van der Waals surface area contributed by atoms with Gasteiger partial charge in [0.25, 0.3) is 0 Å². The van der Waals surface area contributed by atoms with Gasteiger partial charge in [0.2, 0.25) is 0 Å². The quantitative estimate of drug-likeness (QED) is 0.520. The molecule has 2 unspecified atom stereocenters. The molecule has 0 saturated carbocycles. The lowest BCUT2D eigenvalue weighted by Crippen LogP contribution is -2.02. The summed E-state index contributed by atoms with van der Waals surface area (Å²) in [5.74, 6) is 0.923. The summed E-state index contributed by atoms with van der Waals surface area (Å²) in [4.78, 5) is 0. The van der Waals surface area contributed by atoms with E-state index in [4.69, 9.17) is 0 Å². The van der Waals surface area contributed by atoms with E-state index < -0.39 is 0 Å². The predicted molar refractivity (Wildman–Crippen MR) is 52.2 cm³/mol. The first-order valence-corrected chi connectivity index (χ1v) is 5.09. The number of alkyl halides is 1. The lowest BCUT2D eigenvalue weighted by molar-refractivity contribution is 0.508. The molecule has 0 aromatic heterocycles. The molecule has 0 N–H and O–H groups in total. The van der Waals surface area contributed by atoms with Crippen molar-refractivity contribution in [2.45, 2.75) is 44.0 Å². The Morgan fingerprint density at radius 2 is 1.78 bits per heavy atom. The summed E-state index contributed by atoms with van der Waals surface area (Å²) >= 11 is 2.54. The minimum atomic E-state index is 0.901. The number of halogens is 1. The minimum absolute atomic E-state index is 0.901. The first kappa shape index (κ1) is 9.73. The molecule has 0 fully saturated rings. The van der Waals surface area contributed by atoms with Crippen LogP contribution in [0.15, 0.2) is 0 Å². The van der Waals surface area contributed by atoms with Crippen molar-refractivity contribution in [2.24, 2.45) is 5.92 Å². The normalized spacial score (nSPS) is 17.3. The molecule has 0 aliphatic heterocycles. The van der Waals surface area contributed by atoms with Crippen LogP contribution in [-0.2, 0) is 0 Å². The highest BCUT2D eigenvalue weighted by Crippen LogP contribution is 2.18. The Labute approximate surface area is 72.6 Å². The number of hydrogen-bond acceptors (Lipinski definition) is 0. The van der Waals surface area contributed by atoms with Gasteiger partial charge in [-0.2, -0.15) is 0 Å². The van der Waals surface area contributed by atoms with Crippen LogP contribution in [0.3, 0.4) is 0 Å². The fourth-order valence-corrected chi connectivity index (χ4v) is 1.64. The highest BCUT2D eigenvalue weighted by atomic mass is 127. The minimum Gasteiger partial charge on any atom is -0.0826 e. The summed E-state index contributed by atoms with van der Waals surface area (Å²) in [5.41, 5.74) is 0. The topological polar surface area (TPSA) is 0 Å². The Bertz CT molecular complexity index is 53.6. The van der Waals surface area contributed by atoms with Crippen molar-refractivity contribution in [3.63, 3.8) is 0 Å². The Morgan fingerprint density at radius 1 is 1.22 bits per heavy atom. The summed E-state index contributed by atoms with van der Waals surface area (Å²) < 4.78 is 0.901. The first-order valence-electron chi connectivity index (χ1n) is 3.84. The summed E-state index contributed by atoms with van der Waals surface area (Å²) in [7, 11) is 0. The molecule has 0 heterocycles. The van der Waals surface area contributed by atoms with E-state index in [0.717, 1.165) is 9.84 Å². The molecule has 0 saturated heterocycles. The third-order valence-electron chi connectivity index (χ3n) is 1.80. The van der Waals surface area contributed by atoms with E-state index in [2.05, 4.69) is 43.4 Å². The second-order valence-corrected chi connectivity index (χ2v) is 4.52. The monoisotopic (exact) mass is 240 g/mol. The molecule has 1 heteroatoms. The van der Waals surface area contributed by atoms with Crippen molar-refractivity contribution < 1.29 is 0 Å². The van der Waals surface area contributed by atoms with E-state index in [1.54, 1.807) is 0 Å². The zero-order chi connectivity index (χ0) is 7.28. The molecule has 0 aromatic carbocycles. The van der Waals surface area contributed by atoms with Gasteiger partial charge in [0.1, 0.15) is 0 Å². The summed E-state index contributed by atoms with van der Waals surface area (Å²) in [6, 6.07) is 0. The maximum atomic E-state index is 2.54. The standard InChI is InChI=1S/C8H17I/c1-4-7(3)6-8(9)5-2/h7-8H,4-6H2,1-3H3.